The standard InChI is InChI=1S/C23H16Cl2FN3O4S/c1-12-7-15(13(2)28(12)17-5-6-18(24)20(10-17)29(32)33)8-21-22(30)27(23(31)34-21)11-14-3-4-16(26)9-19(14)25/h3-10H,11H2,1-2H3/b21-8-. The maximum Gasteiger partial charge on any atom is 0.293 e. The number of imide groups is 1. The number of hydrogen-bond donors (Lipinski definition) is 0. The third kappa shape index (κ3) is 4.46. The second-order valence-electron chi connectivity index (χ2n) is 7.56. The molecule has 0 spiro atoms. The molecule has 1 aliphatic heterocycles. The summed E-state index contributed by atoms with van der Waals surface area (Å²) in [6.45, 7) is 3.56. The summed E-state index contributed by atoms with van der Waals surface area (Å²) in [5.74, 6) is -0.994. The van der Waals surface area contributed by atoms with Gasteiger partial charge in [0.2, 0.25) is 0 Å². The molecular formula is C23H16Cl2FN3O4S. The van der Waals surface area contributed by atoms with Crippen molar-refractivity contribution in [1.82, 2.24) is 9.47 Å². The molecule has 0 N–H and O–H groups in total. The monoisotopic (exact) mass is 519 g/mol. The highest BCUT2D eigenvalue weighted by Crippen LogP contribution is 2.36. The van der Waals surface area contributed by atoms with Crippen LogP contribution in [0.2, 0.25) is 10.0 Å². The van der Waals surface area contributed by atoms with Crippen LogP contribution in [0.5, 0.6) is 0 Å². The molecule has 174 valence electrons. The van der Waals surface area contributed by atoms with Gasteiger partial charge in [0.25, 0.3) is 16.8 Å². The van der Waals surface area contributed by atoms with Gasteiger partial charge in [-0.15, -0.1) is 0 Å². The number of halogens is 3. The van der Waals surface area contributed by atoms with Gasteiger partial charge in [-0.1, -0.05) is 29.3 Å². The van der Waals surface area contributed by atoms with Crippen LogP contribution in [-0.4, -0.2) is 25.5 Å². The normalized spacial score (nSPS) is 15.0. The number of aryl methyl sites for hydroxylation is 1. The van der Waals surface area contributed by atoms with E-state index in [1.54, 1.807) is 16.7 Å². The van der Waals surface area contributed by atoms with Gasteiger partial charge in [-0.2, -0.15) is 0 Å². The fraction of sp³-hybridized carbons (Fsp3) is 0.130. The average Bonchev–Trinajstić information content (AvgIpc) is 3.19. The van der Waals surface area contributed by atoms with Crippen molar-refractivity contribution in [3.63, 3.8) is 0 Å². The van der Waals surface area contributed by atoms with Gasteiger partial charge in [0.15, 0.2) is 0 Å². The quantitative estimate of drug-likeness (QED) is 0.213. The Kier molecular flexibility index (Phi) is 6.53. The summed E-state index contributed by atoms with van der Waals surface area (Å²) in [7, 11) is 0. The third-order valence-corrected chi connectivity index (χ3v) is 6.94. The minimum atomic E-state index is -0.551. The molecule has 4 rings (SSSR count). The van der Waals surface area contributed by atoms with E-state index in [4.69, 9.17) is 23.2 Å². The van der Waals surface area contributed by atoms with E-state index in [9.17, 15) is 24.1 Å². The smallest absolute Gasteiger partial charge is 0.293 e. The average molecular weight is 520 g/mol. The summed E-state index contributed by atoms with van der Waals surface area (Å²) in [6.07, 6.45) is 1.61. The maximum absolute atomic E-state index is 13.3. The van der Waals surface area contributed by atoms with Crippen molar-refractivity contribution in [1.29, 1.82) is 0 Å². The number of thioether (sulfide) groups is 1. The number of benzene rings is 2. The Balaban J connectivity index is 1.65. The summed E-state index contributed by atoms with van der Waals surface area (Å²) >= 11 is 12.8. The number of aromatic nitrogens is 1. The van der Waals surface area contributed by atoms with Crippen LogP contribution in [0.3, 0.4) is 0 Å². The Bertz CT molecular complexity index is 1400. The predicted octanol–water partition coefficient (Wildman–Crippen LogP) is 6.68. The molecule has 34 heavy (non-hydrogen) atoms. The van der Waals surface area contributed by atoms with Crippen LogP contribution in [0, 0.1) is 29.8 Å². The molecule has 1 aromatic heterocycles. The van der Waals surface area contributed by atoms with Gasteiger partial charge in [-0.25, -0.2) is 4.39 Å². The van der Waals surface area contributed by atoms with Crippen LogP contribution in [0.4, 0.5) is 14.9 Å². The number of nitro groups is 1. The fourth-order valence-electron chi connectivity index (χ4n) is 3.71. The molecule has 1 fully saturated rings. The minimum Gasteiger partial charge on any atom is -0.318 e. The molecule has 0 radical (unpaired) electrons. The molecule has 7 nitrogen and oxygen atoms in total. The number of rotatable bonds is 5. The number of hydrogen-bond acceptors (Lipinski definition) is 5. The topological polar surface area (TPSA) is 85.5 Å². The van der Waals surface area contributed by atoms with Gasteiger partial charge in [-0.3, -0.25) is 24.6 Å². The zero-order valence-corrected chi connectivity index (χ0v) is 20.2. The SMILES string of the molecule is Cc1cc(/C=C2\SC(=O)N(Cc3ccc(F)cc3Cl)C2=O)c(C)n1-c1ccc(Cl)c([N+](=O)[O-])c1. The molecule has 2 aromatic carbocycles. The second-order valence-corrected chi connectivity index (χ2v) is 9.37. The first-order valence-corrected chi connectivity index (χ1v) is 11.5. The molecule has 1 saturated heterocycles. The summed E-state index contributed by atoms with van der Waals surface area (Å²) in [6, 6.07) is 10.1. The first-order valence-electron chi connectivity index (χ1n) is 9.89. The molecule has 2 amide bonds. The first-order chi connectivity index (χ1) is 16.1. The van der Waals surface area contributed by atoms with Crippen molar-refractivity contribution in [2.45, 2.75) is 20.4 Å². The van der Waals surface area contributed by atoms with E-state index in [0.29, 0.717) is 16.8 Å². The van der Waals surface area contributed by atoms with Crippen LogP contribution >= 0.6 is 35.0 Å². The van der Waals surface area contributed by atoms with E-state index in [2.05, 4.69) is 0 Å². The zero-order chi connectivity index (χ0) is 24.7. The Morgan fingerprint density at radius 2 is 1.82 bits per heavy atom. The molecule has 11 heteroatoms. The van der Waals surface area contributed by atoms with Crippen molar-refractivity contribution < 1.29 is 18.9 Å². The van der Waals surface area contributed by atoms with E-state index in [1.165, 1.54) is 24.3 Å². The molecule has 0 atom stereocenters. The highest BCUT2D eigenvalue weighted by atomic mass is 35.5. The van der Waals surface area contributed by atoms with Gasteiger partial charge in [0.05, 0.1) is 22.1 Å². The lowest BCUT2D eigenvalue weighted by atomic mass is 10.2. The zero-order valence-electron chi connectivity index (χ0n) is 17.8. The Morgan fingerprint density at radius 1 is 1.09 bits per heavy atom. The number of carbonyl (C=O) groups excluding carboxylic acids is 2. The summed E-state index contributed by atoms with van der Waals surface area (Å²) < 4.78 is 15.1. The summed E-state index contributed by atoms with van der Waals surface area (Å²) in [5.41, 5.74) is 2.97. The lowest BCUT2D eigenvalue weighted by molar-refractivity contribution is -0.384. The predicted molar refractivity (Wildman–Crippen MR) is 130 cm³/mol. The van der Waals surface area contributed by atoms with E-state index in [0.717, 1.165) is 34.1 Å². The largest absolute Gasteiger partial charge is 0.318 e. The van der Waals surface area contributed by atoms with Crippen molar-refractivity contribution in [3.05, 3.63) is 95.9 Å². The van der Waals surface area contributed by atoms with Crippen LogP contribution in [0.25, 0.3) is 11.8 Å². The molecule has 0 unspecified atom stereocenters. The van der Waals surface area contributed by atoms with Gasteiger partial charge in [0, 0.05) is 22.5 Å². The lowest BCUT2D eigenvalue weighted by Crippen LogP contribution is -2.27. The lowest BCUT2D eigenvalue weighted by Gasteiger charge is -2.13. The van der Waals surface area contributed by atoms with Crippen molar-refractivity contribution in [3.8, 4) is 5.69 Å². The second kappa shape index (κ2) is 9.25. The van der Waals surface area contributed by atoms with Crippen LogP contribution < -0.4 is 0 Å². The highest BCUT2D eigenvalue weighted by Gasteiger charge is 2.35. The highest BCUT2D eigenvalue weighted by molar-refractivity contribution is 8.18. The summed E-state index contributed by atoms with van der Waals surface area (Å²) in [4.78, 5) is 37.4. The van der Waals surface area contributed by atoms with Gasteiger partial charge in [-0.05, 0) is 73.1 Å². The number of nitrogens with zero attached hydrogens (tertiary/aromatic N) is 3. The molecule has 2 heterocycles. The minimum absolute atomic E-state index is 0.0337. The summed E-state index contributed by atoms with van der Waals surface area (Å²) in [5, 5.41) is 11.0. The fourth-order valence-corrected chi connectivity index (χ4v) is 4.95. The van der Waals surface area contributed by atoms with Crippen LogP contribution in [0.1, 0.15) is 22.5 Å². The molecule has 1 aliphatic rings. The number of amides is 2. The van der Waals surface area contributed by atoms with E-state index >= 15 is 0 Å². The van der Waals surface area contributed by atoms with Gasteiger partial charge < -0.3 is 4.57 Å². The number of nitro benzene ring substituents is 1. The van der Waals surface area contributed by atoms with E-state index in [-0.39, 0.29) is 27.2 Å². The molecular weight excluding hydrogens is 504 g/mol. The molecule has 0 aliphatic carbocycles. The number of carbonyl (C=O) groups is 2. The Hall–Kier alpha value is -3.14. The van der Waals surface area contributed by atoms with Crippen LogP contribution in [-0.2, 0) is 11.3 Å². The van der Waals surface area contributed by atoms with E-state index < -0.39 is 21.9 Å². The Morgan fingerprint density at radius 3 is 2.50 bits per heavy atom. The van der Waals surface area contributed by atoms with Crippen molar-refractivity contribution in [2.75, 3.05) is 0 Å². The van der Waals surface area contributed by atoms with Gasteiger partial charge in [0.1, 0.15) is 10.8 Å². The molecule has 0 bridgehead atoms. The molecule has 3 aromatic rings. The maximum atomic E-state index is 13.3. The van der Waals surface area contributed by atoms with Crippen LogP contribution in [0.15, 0.2) is 47.4 Å². The van der Waals surface area contributed by atoms with Crippen molar-refractivity contribution >= 4 is 57.9 Å². The van der Waals surface area contributed by atoms with Crippen molar-refractivity contribution in [2.24, 2.45) is 0 Å². The van der Waals surface area contributed by atoms with E-state index in [1.807, 2.05) is 19.9 Å². The Labute approximate surface area is 207 Å². The molecule has 0 saturated carbocycles. The van der Waals surface area contributed by atoms with Gasteiger partial charge >= 0.3 is 0 Å². The first kappa shape index (κ1) is 24.0. The third-order valence-electron chi connectivity index (χ3n) is 5.36.